The van der Waals surface area contributed by atoms with Crippen LogP contribution in [-0.4, -0.2) is 22.5 Å². The quantitative estimate of drug-likeness (QED) is 0.842. The number of rotatable bonds is 6. The normalized spacial score (nSPS) is 11.8. The zero-order valence-electron chi connectivity index (χ0n) is 11.2. The summed E-state index contributed by atoms with van der Waals surface area (Å²) >= 11 is 0. The Morgan fingerprint density at radius 3 is 2.70 bits per heavy atom. The van der Waals surface area contributed by atoms with Crippen molar-refractivity contribution in [3.05, 3.63) is 66.0 Å². The SMILES string of the molecule is O=C(CCc1ccccc1)NCC(O)c1cccnc1. The summed E-state index contributed by atoms with van der Waals surface area (Å²) in [5.74, 6) is -0.0585. The molecule has 2 aromatic rings. The van der Waals surface area contributed by atoms with E-state index in [1.54, 1.807) is 24.5 Å². The molecule has 0 aliphatic carbocycles. The number of benzene rings is 1. The number of aliphatic hydroxyl groups excluding tert-OH is 1. The molecule has 104 valence electrons. The Kier molecular flexibility index (Phi) is 5.26. The van der Waals surface area contributed by atoms with Crippen LogP contribution in [0.5, 0.6) is 0 Å². The monoisotopic (exact) mass is 270 g/mol. The highest BCUT2D eigenvalue weighted by Gasteiger charge is 2.09. The lowest BCUT2D eigenvalue weighted by molar-refractivity contribution is -0.121. The van der Waals surface area contributed by atoms with Crippen LogP contribution in [0.3, 0.4) is 0 Å². The maximum atomic E-state index is 11.7. The molecule has 1 aromatic carbocycles. The topological polar surface area (TPSA) is 62.2 Å². The van der Waals surface area contributed by atoms with Gasteiger partial charge in [0, 0.05) is 30.9 Å². The third kappa shape index (κ3) is 4.48. The van der Waals surface area contributed by atoms with Gasteiger partial charge in [-0.25, -0.2) is 0 Å². The molecular weight excluding hydrogens is 252 g/mol. The number of aryl methyl sites for hydroxylation is 1. The van der Waals surface area contributed by atoms with Crippen LogP contribution in [0, 0.1) is 0 Å². The van der Waals surface area contributed by atoms with Gasteiger partial charge in [-0.1, -0.05) is 36.4 Å². The molecule has 1 amide bonds. The third-order valence-electron chi connectivity index (χ3n) is 3.05. The second-order valence-corrected chi connectivity index (χ2v) is 4.59. The van der Waals surface area contributed by atoms with Crippen LogP contribution in [0.25, 0.3) is 0 Å². The van der Waals surface area contributed by atoms with E-state index in [4.69, 9.17) is 0 Å². The van der Waals surface area contributed by atoms with E-state index >= 15 is 0 Å². The molecule has 2 rings (SSSR count). The highest BCUT2D eigenvalue weighted by Crippen LogP contribution is 2.09. The molecular formula is C16H18N2O2. The minimum atomic E-state index is -0.718. The Morgan fingerprint density at radius 2 is 2.00 bits per heavy atom. The first-order chi connectivity index (χ1) is 9.75. The van der Waals surface area contributed by atoms with E-state index in [0.717, 1.165) is 5.56 Å². The molecule has 0 spiro atoms. The molecule has 1 unspecified atom stereocenters. The van der Waals surface area contributed by atoms with Crippen molar-refractivity contribution in [3.63, 3.8) is 0 Å². The largest absolute Gasteiger partial charge is 0.387 e. The number of carbonyl (C=O) groups is 1. The van der Waals surface area contributed by atoms with Crippen molar-refractivity contribution < 1.29 is 9.90 Å². The lowest BCUT2D eigenvalue weighted by Crippen LogP contribution is -2.28. The van der Waals surface area contributed by atoms with E-state index in [2.05, 4.69) is 10.3 Å². The van der Waals surface area contributed by atoms with E-state index in [-0.39, 0.29) is 12.5 Å². The Hall–Kier alpha value is -2.20. The molecule has 1 heterocycles. The summed E-state index contributed by atoms with van der Waals surface area (Å²) in [7, 11) is 0. The van der Waals surface area contributed by atoms with Gasteiger partial charge in [0.1, 0.15) is 0 Å². The van der Waals surface area contributed by atoms with Gasteiger partial charge in [0.25, 0.3) is 0 Å². The first-order valence-electron chi connectivity index (χ1n) is 6.64. The summed E-state index contributed by atoms with van der Waals surface area (Å²) in [4.78, 5) is 15.7. The number of aromatic nitrogens is 1. The number of amides is 1. The predicted octanol–water partition coefficient (Wildman–Crippen LogP) is 1.86. The van der Waals surface area contributed by atoms with Crippen molar-refractivity contribution in [2.45, 2.75) is 18.9 Å². The van der Waals surface area contributed by atoms with Crippen molar-refractivity contribution in [2.24, 2.45) is 0 Å². The minimum absolute atomic E-state index is 0.0585. The zero-order valence-corrected chi connectivity index (χ0v) is 11.2. The molecule has 0 saturated heterocycles. The van der Waals surface area contributed by atoms with Crippen LogP contribution in [-0.2, 0) is 11.2 Å². The summed E-state index contributed by atoms with van der Waals surface area (Å²) in [6.45, 7) is 0.208. The van der Waals surface area contributed by atoms with E-state index in [1.807, 2.05) is 30.3 Å². The fourth-order valence-corrected chi connectivity index (χ4v) is 1.89. The van der Waals surface area contributed by atoms with Crippen molar-refractivity contribution in [3.8, 4) is 0 Å². The summed E-state index contributed by atoms with van der Waals surface area (Å²) in [5, 5.41) is 12.6. The molecule has 0 aliphatic heterocycles. The summed E-state index contributed by atoms with van der Waals surface area (Å²) in [6.07, 6.45) is 3.65. The van der Waals surface area contributed by atoms with Gasteiger partial charge < -0.3 is 10.4 Å². The number of carbonyl (C=O) groups excluding carboxylic acids is 1. The lowest BCUT2D eigenvalue weighted by Gasteiger charge is -2.11. The average Bonchev–Trinajstić information content (AvgIpc) is 2.52. The van der Waals surface area contributed by atoms with Gasteiger partial charge >= 0.3 is 0 Å². The molecule has 4 nitrogen and oxygen atoms in total. The predicted molar refractivity (Wildman–Crippen MR) is 77.0 cm³/mol. The maximum Gasteiger partial charge on any atom is 0.220 e. The fourth-order valence-electron chi connectivity index (χ4n) is 1.89. The van der Waals surface area contributed by atoms with Crippen LogP contribution < -0.4 is 5.32 Å². The van der Waals surface area contributed by atoms with E-state index in [1.165, 1.54) is 0 Å². The molecule has 0 fully saturated rings. The molecule has 0 saturated carbocycles. The first-order valence-corrected chi connectivity index (χ1v) is 6.64. The van der Waals surface area contributed by atoms with Crippen molar-refractivity contribution in [2.75, 3.05) is 6.54 Å². The van der Waals surface area contributed by atoms with Crippen LogP contribution in [0.4, 0.5) is 0 Å². The molecule has 0 aliphatic rings. The first kappa shape index (κ1) is 14.2. The van der Waals surface area contributed by atoms with Crippen LogP contribution in [0.15, 0.2) is 54.9 Å². The number of hydrogen-bond acceptors (Lipinski definition) is 3. The molecule has 1 atom stereocenters. The van der Waals surface area contributed by atoms with Gasteiger partial charge in [0.05, 0.1) is 6.10 Å². The zero-order chi connectivity index (χ0) is 14.2. The lowest BCUT2D eigenvalue weighted by atomic mass is 10.1. The Bertz CT molecular complexity index is 529. The van der Waals surface area contributed by atoms with Crippen molar-refractivity contribution >= 4 is 5.91 Å². The van der Waals surface area contributed by atoms with E-state index < -0.39 is 6.10 Å². The standard InChI is InChI=1S/C16H18N2O2/c19-15(14-7-4-10-17-11-14)12-18-16(20)9-8-13-5-2-1-3-6-13/h1-7,10-11,15,19H,8-9,12H2,(H,18,20). The van der Waals surface area contributed by atoms with Gasteiger partial charge in [-0.3, -0.25) is 9.78 Å². The highest BCUT2D eigenvalue weighted by atomic mass is 16.3. The van der Waals surface area contributed by atoms with E-state index in [0.29, 0.717) is 18.4 Å². The number of nitrogens with one attached hydrogen (secondary N) is 1. The molecule has 0 bridgehead atoms. The van der Waals surface area contributed by atoms with Gasteiger partial charge in [-0.15, -0.1) is 0 Å². The highest BCUT2D eigenvalue weighted by molar-refractivity contribution is 5.76. The Balaban J connectivity index is 1.73. The number of pyridine rings is 1. The van der Waals surface area contributed by atoms with Crippen molar-refractivity contribution in [1.82, 2.24) is 10.3 Å². The minimum Gasteiger partial charge on any atom is -0.387 e. The maximum absolute atomic E-state index is 11.7. The Morgan fingerprint density at radius 1 is 1.20 bits per heavy atom. The second-order valence-electron chi connectivity index (χ2n) is 4.59. The summed E-state index contributed by atoms with van der Waals surface area (Å²) in [6, 6.07) is 13.4. The van der Waals surface area contributed by atoms with Crippen LogP contribution >= 0.6 is 0 Å². The number of nitrogens with zero attached hydrogens (tertiary/aromatic N) is 1. The Labute approximate surface area is 118 Å². The molecule has 1 aromatic heterocycles. The van der Waals surface area contributed by atoms with Gasteiger partial charge in [0.15, 0.2) is 0 Å². The van der Waals surface area contributed by atoms with Gasteiger partial charge in [-0.05, 0) is 18.1 Å². The summed E-state index contributed by atoms with van der Waals surface area (Å²) < 4.78 is 0. The second kappa shape index (κ2) is 7.40. The average molecular weight is 270 g/mol. The number of aliphatic hydroxyl groups is 1. The van der Waals surface area contributed by atoms with Crippen molar-refractivity contribution in [1.29, 1.82) is 0 Å². The molecule has 0 radical (unpaired) electrons. The molecule has 2 N–H and O–H groups in total. The number of hydrogen-bond donors (Lipinski definition) is 2. The van der Waals surface area contributed by atoms with E-state index in [9.17, 15) is 9.90 Å². The molecule has 4 heteroatoms. The smallest absolute Gasteiger partial charge is 0.220 e. The van der Waals surface area contributed by atoms with Gasteiger partial charge in [-0.2, -0.15) is 0 Å². The fraction of sp³-hybridized carbons (Fsp3) is 0.250. The summed E-state index contributed by atoms with van der Waals surface area (Å²) in [5.41, 5.74) is 1.84. The molecule has 20 heavy (non-hydrogen) atoms. The van der Waals surface area contributed by atoms with Crippen LogP contribution in [0.2, 0.25) is 0 Å². The van der Waals surface area contributed by atoms with Gasteiger partial charge in [0.2, 0.25) is 5.91 Å². The third-order valence-corrected chi connectivity index (χ3v) is 3.05. The van der Waals surface area contributed by atoms with Crippen LogP contribution in [0.1, 0.15) is 23.7 Å².